The minimum absolute atomic E-state index is 0.592. The zero-order valence-corrected chi connectivity index (χ0v) is 10.8. The van der Waals surface area contributed by atoms with Gasteiger partial charge in [-0.3, -0.25) is 0 Å². The lowest BCUT2D eigenvalue weighted by molar-refractivity contribution is 0.476. The van der Waals surface area contributed by atoms with E-state index in [1.165, 1.54) is 12.8 Å². The summed E-state index contributed by atoms with van der Waals surface area (Å²) in [5, 5.41) is 13.4. The number of hydrogen-bond donors (Lipinski definition) is 1. The average Bonchev–Trinajstić information content (AvgIpc) is 2.81. The van der Waals surface area contributed by atoms with Gasteiger partial charge in [0.15, 0.2) is 0 Å². The molecule has 2 heterocycles. The molecule has 3 rings (SSSR count). The van der Waals surface area contributed by atoms with E-state index in [1.807, 2.05) is 11.4 Å². The van der Waals surface area contributed by atoms with Gasteiger partial charge in [0.1, 0.15) is 0 Å². The quantitative estimate of drug-likeness (QED) is 0.943. The number of rotatable bonds is 4. The molecule has 2 aromatic heterocycles. The van der Waals surface area contributed by atoms with Crippen molar-refractivity contribution in [3.05, 3.63) is 21.1 Å². The molecule has 1 aliphatic rings. The van der Waals surface area contributed by atoms with E-state index in [2.05, 4.69) is 31.4 Å². The second-order valence-corrected chi connectivity index (χ2v) is 6.09. The predicted molar refractivity (Wildman–Crippen MR) is 65.2 cm³/mol. The van der Waals surface area contributed by atoms with Crippen molar-refractivity contribution in [1.82, 2.24) is 15.5 Å². The van der Waals surface area contributed by atoms with Gasteiger partial charge < -0.3 is 9.73 Å². The highest BCUT2D eigenvalue weighted by atomic mass is 79.9. The maximum absolute atomic E-state index is 5.56. The minimum atomic E-state index is 0.592. The van der Waals surface area contributed by atoms with Gasteiger partial charge in [0.25, 0.3) is 0 Å². The van der Waals surface area contributed by atoms with Crippen LogP contribution in [-0.2, 0) is 6.54 Å². The predicted octanol–water partition coefficient (Wildman–Crippen LogP) is 2.81. The summed E-state index contributed by atoms with van der Waals surface area (Å²) < 4.78 is 6.63. The average molecular weight is 300 g/mol. The summed E-state index contributed by atoms with van der Waals surface area (Å²) in [7, 11) is 0. The second-order valence-electron chi connectivity index (χ2n) is 3.80. The molecule has 0 aromatic carbocycles. The number of hydrogen-bond acceptors (Lipinski definition) is 5. The molecule has 1 aliphatic carbocycles. The smallest absolute Gasteiger partial charge is 0.248 e. The Balaban J connectivity index is 1.71. The van der Waals surface area contributed by atoms with Crippen LogP contribution in [0.15, 0.2) is 19.6 Å². The fourth-order valence-electron chi connectivity index (χ4n) is 1.38. The van der Waals surface area contributed by atoms with E-state index in [0.29, 0.717) is 24.4 Å². The lowest BCUT2D eigenvalue weighted by Gasteiger charge is -1.95. The first-order valence-corrected chi connectivity index (χ1v) is 6.79. The Kier molecular flexibility index (Phi) is 2.79. The fraction of sp³-hybridized carbons (Fsp3) is 0.400. The SMILES string of the molecule is Brc1cc(-c2nnc(CNC3CC3)o2)cs1. The molecule has 0 spiro atoms. The summed E-state index contributed by atoms with van der Waals surface area (Å²) >= 11 is 5.02. The van der Waals surface area contributed by atoms with E-state index in [4.69, 9.17) is 4.42 Å². The topological polar surface area (TPSA) is 51.0 Å². The Bertz CT molecular complexity index is 492. The summed E-state index contributed by atoms with van der Waals surface area (Å²) in [6, 6.07) is 2.64. The molecular formula is C10H10BrN3OS. The number of aromatic nitrogens is 2. The van der Waals surface area contributed by atoms with Gasteiger partial charge in [0.2, 0.25) is 11.8 Å². The Labute approximate surface area is 105 Å². The molecule has 1 fully saturated rings. The van der Waals surface area contributed by atoms with E-state index in [1.54, 1.807) is 11.3 Å². The normalized spacial score (nSPS) is 15.6. The first kappa shape index (κ1) is 10.4. The van der Waals surface area contributed by atoms with Crippen LogP contribution in [0, 0.1) is 0 Å². The fourth-order valence-corrected chi connectivity index (χ4v) is 2.51. The zero-order chi connectivity index (χ0) is 11.0. The summed E-state index contributed by atoms with van der Waals surface area (Å²) in [6.45, 7) is 0.670. The molecule has 4 nitrogen and oxygen atoms in total. The van der Waals surface area contributed by atoms with Crippen LogP contribution < -0.4 is 5.32 Å². The second kappa shape index (κ2) is 4.27. The van der Waals surface area contributed by atoms with Crippen molar-refractivity contribution in [3.63, 3.8) is 0 Å². The molecule has 0 saturated heterocycles. The Morgan fingerprint density at radius 3 is 3.06 bits per heavy atom. The summed E-state index contributed by atoms with van der Waals surface area (Å²) in [5.41, 5.74) is 0.974. The van der Waals surface area contributed by atoms with Crippen LogP contribution in [0.1, 0.15) is 18.7 Å². The Hall–Kier alpha value is -0.720. The van der Waals surface area contributed by atoms with E-state index in [-0.39, 0.29) is 0 Å². The van der Waals surface area contributed by atoms with Gasteiger partial charge in [-0.15, -0.1) is 21.5 Å². The van der Waals surface area contributed by atoms with Gasteiger partial charge in [-0.1, -0.05) is 0 Å². The summed E-state index contributed by atoms with van der Waals surface area (Å²) in [6.07, 6.45) is 2.52. The van der Waals surface area contributed by atoms with Gasteiger partial charge in [-0.05, 0) is 34.8 Å². The number of thiophene rings is 1. The largest absolute Gasteiger partial charge is 0.419 e. The standard InChI is InChI=1S/C10H10BrN3OS/c11-8-3-6(5-16-8)10-14-13-9(15-10)4-12-7-1-2-7/h3,5,7,12H,1-2,4H2. The zero-order valence-electron chi connectivity index (χ0n) is 8.44. The molecule has 6 heteroatoms. The third-order valence-corrected chi connectivity index (χ3v) is 3.91. The number of halogens is 1. The third kappa shape index (κ3) is 2.34. The molecule has 0 bridgehead atoms. The van der Waals surface area contributed by atoms with Crippen molar-refractivity contribution in [2.45, 2.75) is 25.4 Å². The van der Waals surface area contributed by atoms with Gasteiger partial charge in [0.05, 0.1) is 15.9 Å². The van der Waals surface area contributed by atoms with Crippen LogP contribution in [0.5, 0.6) is 0 Å². The number of nitrogens with zero attached hydrogens (tertiary/aromatic N) is 2. The molecule has 0 radical (unpaired) electrons. The molecule has 0 unspecified atom stereocenters. The van der Waals surface area contributed by atoms with Crippen molar-refractivity contribution in [2.24, 2.45) is 0 Å². The molecular weight excluding hydrogens is 290 g/mol. The first-order chi connectivity index (χ1) is 7.81. The van der Waals surface area contributed by atoms with Crippen LogP contribution in [-0.4, -0.2) is 16.2 Å². The van der Waals surface area contributed by atoms with Crippen molar-refractivity contribution >= 4 is 27.3 Å². The highest BCUT2D eigenvalue weighted by molar-refractivity contribution is 9.11. The molecule has 1 N–H and O–H groups in total. The van der Waals surface area contributed by atoms with Crippen molar-refractivity contribution in [1.29, 1.82) is 0 Å². The van der Waals surface area contributed by atoms with E-state index in [0.717, 1.165) is 9.35 Å². The van der Waals surface area contributed by atoms with E-state index < -0.39 is 0 Å². The Morgan fingerprint density at radius 2 is 2.38 bits per heavy atom. The molecule has 2 aromatic rings. The van der Waals surface area contributed by atoms with Crippen molar-refractivity contribution < 1.29 is 4.42 Å². The lowest BCUT2D eigenvalue weighted by atomic mass is 10.3. The Morgan fingerprint density at radius 1 is 1.50 bits per heavy atom. The van der Waals surface area contributed by atoms with Crippen molar-refractivity contribution in [2.75, 3.05) is 0 Å². The summed E-state index contributed by atoms with van der Waals surface area (Å²) in [5.74, 6) is 1.25. The monoisotopic (exact) mass is 299 g/mol. The highest BCUT2D eigenvalue weighted by Crippen LogP contribution is 2.28. The van der Waals surface area contributed by atoms with Crippen molar-refractivity contribution in [3.8, 4) is 11.5 Å². The lowest BCUT2D eigenvalue weighted by Crippen LogP contribution is -2.15. The molecule has 0 aliphatic heterocycles. The summed E-state index contributed by atoms with van der Waals surface area (Å²) in [4.78, 5) is 0. The van der Waals surface area contributed by atoms with Crippen LogP contribution in [0.25, 0.3) is 11.5 Å². The molecule has 0 atom stereocenters. The third-order valence-electron chi connectivity index (χ3n) is 2.40. The minimum Gasteiger partial charge on any atom is -0.419 e. The van der Waals surface area contributed by atoms with Gasteiger partial charge in [0, 0.05) is 11.4 Å². The first-order valence-electron chi connectivity index (χ1n) is 5.11. The van der Waals surface area contributed by atoms with Gasteiger partial charge >= 0.3 is 0 Å². The number of nitrogens with one attached hydrogen (secondary N) is 1. The van der Waals surface area contributed by atoms with E-state index >= 15 is 0 Å². The maximum atomic E-state index is 5.56. The van der Waals surface area contributed by atoms with Crippen LogP contribution in [0.3, 0.4) is 0 Å². The van der Waals surface area contributed by atoms with Crippen LogP contribution in [0.2, 0.25) is 0 Å². The maximum Gasteiger partial charge on any atom is 0.248 e. The van der Waals surface area contributed by atoms with Crippen LogP contribution in [0.4, 0.5) is 0 Å². The van der Waals surface area contributed by atoms with Gasteiger partial charge in [-0.2, -0.15) is 0 Å². The molecule has 84 valence electrons. The molecule has 1 saturated carbocycles. The van der Waals surface area contributed by atoms with E-state index in [9.17, 15) is 0 Å². The van der Waals surface area contributed by atoms with Crippen LogP contribution >= 0.6 is 27.3 Å². The molecule has 0 amide bonds. The van der Waals surface area contributed by atoms with Gasteiger partial charge in [-0.25, -0.2) is 0 Å². The highest BCUT2D eigenvalue weighted by Gasteiger charge is 2.21. The molecule has 16 heavy (non-hydrogen) atoms.